The number of halogens is 1. The number of methoxy groups -OCH3 is 3. The van der Waals surface area contributed by atoms with Gasteiger partial charge in [0.2, 0.25) is 0 Å². The molecule has 0 aromatic heterocycles. The van der Waals surface area contributed by atoms with Crippen LogP contribution in [0.5, 0.6) is 17.2 Å². The Labute approximate surface area is 127 Å². The highest BCUT2D eigenvalue weighted by atomic mass is 79.9. The molecule has 112 valence electrons. The second kappa shape index (κ2) is 6.35. The summed E-state index contributed by atoms with van der Waals surface area (Å²) in [4.78, 5) is 11.3. The smallest absolute Gasteiger partial charge is 0.309 e. The number of carbonyl (C=O) groups is 1. The summed E-state index contributed by atoms with van der Waals surface area (Å²) < 4.78 is 16.7. The molecule has 1 aromatic rings. The summed E-state index contributed by atoms with van der Waals surface area (Å²) >= 11 is 3.40. The van der Waals surface area contributed by atoms with Crippen molar-refractivity contribution in [3.63, 3.8) is 0 Å². The summed E-state index contributed by atoms with van der Waals surface area (Å²) in [5, 5.41) is 9.30. The molecular weight excluding hydrogens is 328 g/mol. The van der Waals surface area contributed by atoms with Crippen molar-refractivity contribution in [1.82, 2.24) is 0 Å². The molecular formula is C14H19BrO5. The monoisotopic (exact) mass is 346 g/mol. The molecule has 1 aromatic carbocycles. The van der Waals surface area contributed by atoms with Gasteiger partial charge < -0.3 is 19.3 Å². The van der Waals surface area contributed by atoms with Crippen LogP contribution >= 0.6 is 15.9 Å². The van der Waals surface area contributed by atoms with Crippen LogP contribution in [0.2, 0.25) is 0 Å². The van der Waals surface area contributed by atoms with Gasteiger partial charge in [0, 0.05) is 11.6 Å². The van der Waals surface area contributed by atoms with Crippen LogP contribution in [0.3, 0.4) is 0 Å². The third kappa shape index (κ3) is 3.17. The van der Waals surface area contributed by atoms with Gasteiger partial charge in [-0.2, -0.15) is 0 Å². The molecule has 0 unspecified atom stereocenters. The zero-order valence-electron chi connectivity index (χ0n) is 12.2. The molecule has 0 aliphatic carbocycles. The molecule has 5 nitrogen and oxygen atoms in total. The Bertz CT molecular complexity index is 511. The standard InChI is InChI=1S/C14H19BrO5/c1-14(2,13(16)17)7-8-11(19-4)9(15)6-10(18-3)12(8)20-5/h6H,7H2,1-5H3,(H,16,17). The van der Waals surface area contributed by atoms with E-state index in [4.69, 9.17) is 14.2 Å². The van der Waals surface area contributed by atoms with Gasteiger partial charge in [-0.3, -0.25) is 4.79 Å². The normalized spacial score (nSPS) is 11.1. The number of carboxylic acids is 1. The van der Waals surface area contributed by atoms with E-state index in [1.54, 1.807) is 19.9 Å². The van der Waals surface area contributed by atoms with Crippen molar-refractivity contribution in [1.29, 1.82) is 0 Å². The SMILES string of the molecule is COc1cc(Br)c(OC)c(CC(C)(C)C(=O)O)c1OC. The number of aliphatic carboxylic acids is 1. The molecule has 1 N–H and O–H groups in total. The number of hydrogen-bond acceptors (Lipinski definition) is 4. The predicted molar refractivity (Wildman–Crippen MR) is 78.9 cm³/mol. The summed E-state index contributed by atoms with van der Waals surface area (Å²) in [6.45, 7) is 3.31. The van der Waals surface area contributed by atoms with E-state index in [1.807, 2.05) is 0 Å². The average Bonchev–Trinajstić information content (AvgIpc) is 2.37. The van der Waals surface area contributed by atoms with Crippen LogP contribution in [0.15, 0.2) is 10.5 Å². The topological polar surface area (TPSA) is 65.0 Å². The molecule has 0 amide bonds. The zero-order chi connectivity index (χ0) is 15.5. The Morgan fingerprint density at radius 3 is 2.15 bits per heavy atom. The van der Waals surface area contributed by atoms with Gasteiger partial charge in [-0.05, 0) is 36.2 Å². The Hall–Kier alpha value is -1.43. The summed E-state index contributed by atoms with van der Waals surface area (Å²) in [6, 6.07) is 1.73. The van der Waals surface area contributed by atoms with E-state index in [2.05, 4.69) is 15.9 Å². The quantitative estimate of drug-likeness (QED) is 0.857. The minimum absolute atomic E-state index is 0.254. The number of carboxylic acid groups (broad SMARTS) is 1. The Kier molecular flexibility index (Phi) is 5.28. The van der Waals surface area contributed by atoms with Gasteiger partial charge >= 0.3 is 5.97 Å². The molecule has 1 rings (SSSR count). The fraction of sp³-hybridized carbons (Fsp3) is 0.500. The minimum atomic E-state index is -0.952. The van der Waals surface area contributed by atoms with Crippen molar-refractivity contribution < 1.29 is 24.1 Å². The molecule has 0 bridgehead atoms. The zero-order valence-corrected chi connectivity index (χ0v) is 13.8. The highest BCUT2D eigenvalue weighted by Crippen LogP contribution is 2.45. The van der Waals surface area contributed by atoms with E-state index in [9.17, 15) is 9.90 Å². The molecule has 20 heavy (non-hydrogen) atoms. The lowest BCUT2D eigenvalue weighted by Crippen LogP contribution is -2.26. The first-order chi connectivity index (χ1) is 9.28. The summed E-state index contributed by atoms with van der Waals surface area (Å²) in [6.07, 6.45) is 0.254. The van der Waals surface area contributed by atoms with Crippen molar-refractivity contribution in [2.45, 2.75) is 20.3 Å². The van der Waals surface area contributed by atoms with E-state index in [0.29, 0.717) is 27.3 Å². The van der Waals surface area contributed by atoms with Gasteiger partial charge in [0.25, 0.3) is 0 Å². The summed E-state index contributed by atoms with van der Waals surface area (Å²) in [7, 11) is 4.58. The Morgan fingerprint density at radius 1 is 1.20 bits per heavy atom. The van der Waals surface area contributed by atoms with Crippen LogP contribution in [0, 0.1) is 5.41 Å². The highest BCUT2D eigenvalue weighted by molar-refractivity contribution is 9.10. The van der Waals surface area contributed by atoms with Gasteiger partial charge in [-0.25, -0.2) is 0 Å². The van der Waals surface area contributed by atoms with Gasteiger partial charge in [-0.15, -0.1) is 0 Å². The number of benzene rings is 1. The van der Waals surface area contributed by atoms with Gasteiger partial charge in [0.15, 0.2) is 11.5 Å². The second-order valence-corrected chi connectivity index (χ2v) is 5.83. The van der Waals surface area contributed by atoms with Crippen LogP contribution in [0.4, 0.5) is 0 Å². The van der Waals surface area contributed by atoms with Crippen molar-refractivity contribution in [2.75, 3.05) is 21.3 Å². The second-order valence-electron chi connectivity index (χ2n) is 4.97. The Morgan fingerprint density at radius 2 is 1.75 bits per heavy atom. The Balaban J connectivity index is 3.48. The lowest BCUT2D eigenvalue weighted by Gasteiger charge is -2.24. The maximum absolute atomic E-state index is 11.3. The van der Waals surface area contributed by atoms with E-state index < -0.39 is 11.4 Å². The molecule has 0 aliphatic heterocycles. The van der Waals surface area contributed by atoms with E-state index in [0.717, 1.165) is 0 Å². The predicted octanol–water partition coefficient (Wildman–Crippen LogP) is 3.13. The van der Waals surface area contributed by atoms with E-state index >= 15 is 0 Å². The largest absolute Gasteiger partial charge is 0.495 e. The van der Waals surface area contributed by atoms with Gasteiger partial charge in [0.05, 0.1) is 31.2 Å². The molecule has 6 heteroatoms. The molecule has 0 spiro atoms. The van der Waals surface area contributed by atoms with Crippen LogP contribution in [0.25, 0.3) is 0 Å². The van der Waals surface area contributed by atoms with Gasteiger partial charge in [0.1, 0.15) is 5.75 Å². The third-order valence-electron chi connectivity index (χ3n) is 3.07. The number of ether oxygens (including phenoxy) is 3. The van der Waals surface area contributed by atoms with Crippen LogP contribution in [-0.2, 0) is 11.2 Å². The summed E-state index contributed by atoms with van der Waals surface area (Å²) in [5.41, 5.74) is -0.291. The van der Waals surface area contributed by atoms with Gasteiger partial charge in [-0.1, -0.05) is 0 Å². The van der Waals surface area contributed by atoms with E-state index in [-0.39, 0.29) is 6.42 Å². The maximum atomic E-state index is 11.3. The first-order valence-electron chi connectivity index (χ1n) is 5.99. The third-order valence-corrected chi connectivity index (χ3v) is 3.66. The first kappa shape index (κ1) is 16.6. The first-order valence-corrected chi connectivity index (χ1v) is 6.78. The van der Waals surface area contributed by atoms with Crippen molar-refractivity contribution in [3.8, 4) is 17.2 Å². The highest BCUT2D eigenvalue weighted by Gasteiger charge is 2.32. The van der Waals surface area contributed by atoms with Crippen LogP contribution in [-0.4, -0.2) is 32.4 Å². The van der Waals surface area contributed by atoms with Crippen LogP contribution in [0.1, 0.15) is 19.4 Å². The maximum Gasteiger partial charge on any atom is 0.309 e. The lowest BCUT2D eigenvalue weighted by molar-refractivity contribution is -0.146. The average molecular weight is 347 g/mol. The lowest BCUT2D eigenvalue weighted by atomic mass is 9.85. The molecule has 0 heterocycles. The number of hydrogen-bond donors (Lipinski definition) is 1. The molecule has 0 fully saturated rings. The van der Waals surface area contributed by atoms with Crippen molar-refractivity contribution >= 4 is 21.9 Å². The summed E-state index contributed by atoms with van der Waals surface area (Å²) in [5.74, 6) is 0.677. The fourth-order valence-electron chi connectivity index (χ4n) is 1.92. The van der Waals surface area contributed by atoms with E-state index in [1.165, 1.54) is 21.3 Å². The van der Waals surface area contributed by atoms with Crippen molar-refractivity contribution in [2.24, 2.45) is 5.41 Å². The molecule has 0 saturated carbocycles. The number of rotatable bonds is 6. The molecule has 0 radical (unpaired) electrons. The molecule has 0 atom stereocenters. The molecule has 0 aliphatic rings. The van der Waals surface area contributed by atoms with Crippen molar-refractivity contribution in [3.05, 3.63) is 16.1 Å². The fourth-order valence-corrected chi connectivity index (χ4v) is 2.53. The minimum Gasteiger partial charge on any atom is -0.495 e. The molecule has 0 saturated heterocycles. The van der Waals surface area contributed by atoms with Crippen LogP contribution < -0.4 is 14.2 Å².